The van der Waals surface area contributed by atoms with Gasteiger partial charge in [0.05, 0.1) is 5.56 Å². The van der Waals surface area contributed by atoms with Gasteiger partial charge in [-0.2, -0.15) is 0 Å². The lowest BCUT2D eigenvalue weighted by molar-refractivity contribution is 0.0730. The predicted octanol–water partition coefficient (Wildman–Crippen LogP) is 2.27. The van der Waals surface area contributed by atoms with Crippen molar-refractivity contribution in [2.75, 3.05) is 7.05 Å². The lowest BCUT2D eigenvalue weighted by Gasteiger charge is -2.25. The monoisotopic (exact) mass is 249 g/mol. The van der Waals surface area contributed by atoms with Gasteiger partial charge in [0.25, 0.3) is 5.91 Å². The quantitative estimate of drug-likeness (QED) is 0.808. The van der Waals surface area contributed by atoms with Gasteiger partial charge >= 0.3 is 5.63 Å². The zero-order chi connectivity index (χ0) is 13.3. The molecule has 0 aliphatic heterocycles. The first kappa shape index (κ1) is 12.9. The summed E-state index contributed by atoms with van der Waals surface area (Å²) in [6.45, 7) is 3.45. The van der Waals surface area contributed by atoms with Crippen molar-refractivity contribution < 1.29 is 9.21 Å². The van der Waals surface area contributed by atoms with Crippen LogP contribution in [0.1, 0.15) is 47.4 Å². The number of aryl methyl sites for hydroxylation is 2. The first-order valence-electron chi connectivity index (χ1n) is 6.39. The van der Waals surface area contributed by atoms with Crippen molar-refractivity contribution in [3.8, 4) is 0 Å². The maximum atomic E-state index is 12.4. The van der Waals surface area contributed by atoms with Gasteiger partial charge < -0.3 is 9.32 Å². The Morgan fingerprint density at radius 2 is 1.94 bits per heavy atom. The van der Waals surface area contributed by atoms with Crippen LogP contribution >= 0.6 is 0 Å². The second-order valence-corrected chi connectivity index (χ2v) is 5.03. The molecule has 0 N–H and O–H groups in total. The highest BCUT2D eigenvalue weighted by molar-refractivity contribution is 5.96. The van der Waals surface area contributed by atoms with Crippen molar-refractivity contribution in [3.05, 3.63) is 33.4 Å². The summed E-state index contributed by atoms with van der Waals surface area (Å²) in [7, 11) is 1.84. The summed E-state index contributed by atoms with van der Waals surface area (Å²) in [5.74, 6) is 0.371. The Labute approximate surface area is 107 Å². The highest BCUT2D eigenvalue weighted by Gasteiger charge is 2.26. The summed E-state index contributed by atoms with van der Waals surface area (Å²) >= 11 is 0. The Balaban J connectivity index is 2.31. The fourth-order valence-corrected chi connectivity index (χ4v) is 2.71. The van der Waals surface area contributed by atoms with E-state index in [2.05, 4.69) is 0 Å². The maximum absolute atomic E-state index is 12.4. The van der Waals surface area contributed by atoms with Gasteiger partial charge in [-0.15, -0.1) is 0 Å². The number of hydrogen-bond acceptors (Lipinski definition) is 3. The first-order chi connectivity index (χ1) is 8.50. The van der Waals surface area contributed by atoms with Crippen LogP contribution in [0.25, 0.3) is 0 Å². The van der Waals surface area contributed by atoms with Crippen molar-refractivity contribution in [1.29, 1.82) is 0 Å². The topological polar surface area (TPSA) is 50.5 Å². The number of rotatable bonds is 2. The average molecular weight is 249 g/mol. The Kier molecular flexibility index (Phi) is 3.55. The van der Waals surface area contributed by atoms with Crippen LogP contribution in [0.2, 0.25) is 0 Å². The number of carbonyl (C=O) groups is 1. The summed E-state index contributed by atoms with van der Waals surface area (Å²) < 4.78 is 5.02. The molecule has 1 aromatic rings. The molecule has 1 amide bonds. The third kappa shape index (κ3) is 2.33. The summed E-state index contributed by atoms with van der Waals surface area (Å²) in [6.07, 6.45) is 4.50. The van der Waals surface area contributed by atoms with Crippen LogP contribution in [0.15, 0.2) is 15.3 Å². The van der Waals surface area contributed by atoms with E-state index in [9.17, 15) is 9.59 Å². The molecule has 0 bridgehead atoms. The van der Waals surface area contributed by atoms with E-state index in [1.807, 2.05) is 7.05 Å². The minimum atomic E-state index is -0.398. The molecule has 0 unspecified atom stereocenters. The summed E-state index contributed by atoms with van der Waals surface area (Å²) in [5, 5.41) is 0. The van der Waals surface area contributed by atoms with E-state index >= 15 is 0 Å². The zero-order valence-corrected chi connectivity index (χ0v) is 11.2. The standard InChI is InChI=1S/C14H19NO3/c1-9-8-12(16)18-10(2)13(9)14(17)15(3)11-6-4-5-7-11/h8,11H,4-7H2,1-3H3. The lowest BCUT2D eigenvalue weighted by atomic mass is 10.1. The molecule has 18 heavy (non-hydrogen) atoms. The van der Waals surface area contributed by atoms with Crippen molar-refractivity contribution >= 4 is 5.91 Å². The van der Waals surface area contributed by atoms with Gasteiger partial charge in [0.1, 0.15) is 5.76 Å². The largest absolute Gasteiger partial charge is 0.427 e. The van der Waals surface area contributed by atoms with Crippen LogP contribution in [0.5, 0.6) is 0 Å². The smallest absolute Gasteiger partial charge is 0.336 e. The molecule has 0 aromatic carbocycles. The number of hydrogen-bond donors (Lipinski definition) is 0. The molecule has 0 radical (unpaired) electrons. The summed E-state index contributed by atoms with van der Waals surface area (Å²) in [4.78, 5) is 25.5. The summed E-state index contributed by atoms with van der Waals surface area (Å²) in [6, 6.07) is 1.70. The number of amides is 1. The van der Waals surface area contributed by atoms with Gasteiger partial charge in [0.15, 0.2) is 0 Å². The normalized spacial score (nSPS) is 15.9. The van der Waals surface area contributed by atoms with E-state index in [1.54, 1.807) is 18.7 Å². The van der Waals surface area contributed by atoms with Crippen molar-refractivity contribution in [3.63, 3.8) is 0 Å². The molecule has 4 heteroatoms. The lowest BCUT2D eigenvalue weighted by Crippen LogP contribution is -2.36. The van der Waals surface area contributed by atoms with E-state index in [4.69, 9.17) is 4.42 Å². The summed E-state index contributed by atoms with van der Waals surface area (Å²) in [5.41, 5.74) is 0.827. The number of carbonyl (C=O) groups excluding carboxylic acids is 1. The Hall–Kier alpha value is -1.58. The highest BCUT2D eigenvalue weighted by atomic mass is 16.4. The molecule has 4 nitrogen and oxygen atoms in total. The molecule has 0 saturated heterocycles. The average Bonchev–Trinajstić information content (AvgIpc) is 2.79. The van der Waals surface area contributed by atoms with Crippen molar-refractivity contribution in [2.24, 2.45) is 0 Å². The Morgan fingerprint density at radius 1 is 1.33 bits per heavy atom. The fourth-order valence-electron chi connectivity index (χ4n) is 2.71. The Bertz CT molecular complexity index is 486. The predicted molar refractivity (Wildman–Crippen MR) is 68.8 cm³/mol. The maximum Gasteiger partial charge on any atom is 0.336 e. The molecule has 1 aliphatic carbocycles. The van der Waals surface area contributed by atoms with E-state index in [-0.39, 0.29) is 5.91 Å². The third-order valence-electron chi connectivity index (χ3n) is 3.74. The van der Waals surface area contributed by atoms with Gasteiger partial charge in [-0.1, -0.05) is 12.8 Å². The molecular formula is C14H19NO3. The van der Waals surface area contributed by atoms with Gasteiger partial charge in [0.2, 0.25) is 0 Å². The van der Waals surface area contributed by atoms with Gasteiger partial charge in [-0.25, -0.2) is 4.79 Å². The van der Waals surface area contributed by atoms with E-state index < -0.39 is 5.63 Å². The van der Waals surface area contributed by atoms with E-state index in [1.165, 1.54) is 18.9 Å². The van der Waals surface area contributed by atoms with Crippen LogP contribution in [0, 0.1) is 13.8 Å². The second-order valence-electron chi connectivity index (χ2n) is 5.03. The van der Waals surface area contributed by atoms with Crippen LogP contribution in [-0.2, 0) is 0 Å². The highest BCUT2D eigenvalue weighted by Crippen LogP contribution is 2.24. The van der Waals surface area contributed by atoms with Crippen LogP contribution in [0.3, 0.4) is 0 Å². The van der Waals surface area contributed by atoms with Crippen LogP contribution in [0.4, 0.5) is 0 Å². The van der Waals surface area contributed by atoms with Crippen molar-refractivity contribution in [1.82, 2.24) is 4.90 Å². The SMILES string of the molecule is Cc1cc(=O)oc(C)c1C(=O)N(C)C1CCCC1. The van der Waals surface area contributed by atoms with E-state index in [0.29, 0.717) is 22.9 Å². The van der Waals surface area contributed by atoms with Gasteiger partial charge in [-0.05, 0) is 32.3 Å². The molecule has 1 saturated carbocycles. The molecule has 1 heterocycles. The molecular weight excluding hydrogens is 230 g/mol. The minimum absolute atomic E-state index is 0.0411. The second kappa shape index (κ2) is 4.96. The molecule has 1 aliphatic rings. The minimum Gasteiger partial charge on any atom is -0.427 e. The molecule has 0 spiro atoms. The first-order valence-corrected chi connectivity index (χ1v) is 6.39. The Morgan fingerprint density at radius 3 is 2.50 bits per heavy atom. The zero-order valence-electron chi connectivity index (χ0n) is 11.2. The van der Waals surface area contributed by atoms with Crippen LogP contribution < -0.4 is 5.63 Å². The number of nitrogens with zero attached hydrogens (tertiary/aromatic N) is 1. The van der Waals surface area contributed by atoms with E-state index in [0.717, 1.165) is 12.8 Å². The molecule has 1 fully saturated rings. The molecule has 98 valence electrons. The molecule has 0 atom stereocenters. The molecule has 1 aromatic heterocycles. The van der Waals surface area contributed by atoms with Crippen LogP contribution in [-0.4, -0.2) is 23.9 Å². The fraction of sp³-hybridized carbons (Fsp3) is 0.571. The van der Waals surface area contributed by atoms with Gasteiger partial charge in [0, 0.05) is 19.2 Å². The molecule has 2 rings (SSSR count). The third-order valence-corrected chi connectivity index (χ3v) is 3.74. The van der Waals surface area contributed by atoms with Crippen molar-refractivity contribution in [2.45, 2.75) is 45.6 Å². The van der Waals surface area contributed by atoms with Gasteiger partial charge in [-0.3, -0.25) is 4.79 Å².